The van der Waals surface area contributed by atoms with E-state index in [1.54, 1.807) is 0 Å². The molecular formula is C35H41ClFN7O2. The minimum atomic E-state index is -1.01. The Labute approximate surface area is 275 Å². The number of fused-ring (bicyclic) bond motifs is 2. The number of likely N-dealkylation sites (N-methyl/N-ethyl adjacent to an activating group) is 1. The predicted octanol–water partition coefficient (Wildman–Crippen LogP) is 5.76. The molecule has 3 aliphatic rings. The monoisotopic (exact) mass is 645 g/mol. The largest absolute Gasteiger partial charge is 0.462 e. The van der Waals surface area contributed by atoms with Gasteiger partial charge in [0.15, 0.2) is 5.83 Å². The second kappa shape index (κ2) is 13.4. The van der Waals surface area contributed by atoms with Crippen molar-refractivity contribution in [1.29, 1.82) is 5.26 Å². The quantitative estimate of drug-likeness (QED) is 0.286. The third-order valence-corrected chi connectivity index (χ3v) is 10.1. The summed E-state index contributed by atoms with van der Waals surface area (Å²) in [5, 5.41) is 12.5. The van der Waals surface area contributed by atoms with Crippen molar-refractivity contribution in [2.24, 2.45) is 5.92 Å². The molecule has 46 heavy (non-hydrogen) atoms. The zero-order valence-corrected chi connectivity index (χ0v) is 27.5. The van der Waals surface area contributed by atoms with E-state index in [0.717, 1.165) is 59.5 Å². The van der Waals surface area contributed by atoms with Gasteiger partial charge in [-0.05, 0) is 56.3 Å². The number of halogens is 2. The molecule has 3 aromatic rings. The average molecular weight is 646 g/mol. The van der Waals surface area contributed by atoms with E-state index >= 15 is 0 Å². The molecule has 0 radical (unpaired) electrons. The zero-order chi connectivity index (χ0) is 32.5. The standard InChI is InChI=1S/C35H41ClFN7O2/c1-22(2)31-20-43(34(45)23(3)37)25(13-15-38)18-44(31)33-27-14-17-42(30-12-6-9-24-8-5-11-28(36)32(24)30)19-29(27)39-35(40-33)46-21-26-10-7-16-41(26)4/h5-6,8-9,11-12,22,25-26,31H,3,7,10,13-14,16-21H2,1-2,4H3/t25-,26-,31?/m0/s1. The van der Waals surface area contributed by atoms with Crippen LogP contribution < -0.4 is 14.5 Å². The lowest BCUT2D eigenvalue weighted by Crippen LogP contribution is -2.62. The van der Waals surface area contributed by atoms with E-state index < -0.39 is 17.8 Å². The molecule has 11 heteroatoms. The summed E-state index contributed by atoms with van der Waals surface area (Å²) in [4.78, 5) is 31.2. The molecule has 6 rings (SSSR count). The van der Waals surface area contributed by atoms with Gasteiger partial charge < -0.3 is 24.3 Å². The number of benzene rings is 2. The number of hydrogen-bond acceptors (Lipinski definition) is 8. The zero-order valence-electron chi connectivity index (χ0n) is 26.8. The van der Waals surface area contributed by atoms with Gasteiger partial charge in [0.1, 0.15) is 12.4 Å². The summed E-state index contributed by atoms with van der Waals surface area (Å²) in [5.41, 5.74) is 2.96. The first-order chi connectivity index (χ1) is 22.2. The minimum Gasteiger partial charge on any atom is -0.462 e. The highest BCUT2D eigenvalue weighted by Crippen LogP contribution is 2.38. The molecule has 1 aromatic heterocycles. The molecule has 0 N–H and O–H groups in total. The summed E-state index contributed by atoms with van der Waals surface area (Å²) in [6, 6.07) is 14.3. The Hall–Kier alpha value is -3.94. The van der Waals surface area contributed by atoms with Crippen molar-refractivity contribution >= 4 is 39.8 Å². The third kappa shape index (κ3) is 6.23. The van der Waals surface area contributed by atoms with Gasteiger partial charge in [0.2, 0.25) is 0 Å². The number of anilines is 2. The maximum Gasteiger partial charge on any atom is 0.318 e. The SMILES string of the molecule is C=C(F)C(=O)N1CC(C(C)C)N(c2nc(OC[C@@H]3CCCN3C)nc3c2CCN(c2cccc4cccc(Cl)c24)C3)C[C@@H]1CC#N. The highest BCUT2D eigenvalue weighted by Gasteiger charge is 2.41. The van der Waals surface area contributed by atoms with Crippen LogP contribution in [-0.2, 0) is 17.8 Å². The normalized spacial score (nSPS) is 21.8. The average Bonchev–Trinajstić information content (AvgIpc) is 3.46. The van der Waals surface area contributed by atoms with Gasteiger partial charge in [-0.15, -0.1) is 0 Å². The van der Waals surface area contributed by atoms with E-state index in [4.69, 9.17) is 26.3 Å². The van der Waals surface area contributed by atoms with Crippen molar-refractivity contribution in [2.75, 3.05) is 49.6 Å². The van der Waals surface area contributed by atoms with E-state index in [1.807, 2.05) is 12.1 Å². The van der Waals surface area contributed by atoms with Crippen molar-refractivity contribution in [3.05, 3.63) is 65.1 Å². The number of ether oxygens (including phenoxy) is 1. The Balaban J connectivity index is 1.40. The number of aromatic nitrogens is 2. The Morgan fingerprint density at radius 3 is 2.65 bits per heavy atom. The second-order valence-corrected chi connectivity index (χ2v) is 13.4. The molecule has 0 bridgehead atoms. The lowest BCUT2D eigenvalue weighted by atomic mass is 9.94. The topological polar surface area (TPSA) is 88.8 Å². The molecule has 2 saturated heterocycles. The second-order valence-electron chi connectivity index (χ2n) is 13.0. The number of nitrogens with zero attached hydrogens (tertiary/aromatic N) is 7. The Morgan fingerprint density at radius 2 is 1.96 bits per heavy atom. The smallest absolute Gasteiger partial charge is 0.318 e. The molecule has 2 aromatic carbocycles. The van der Waals surface area contributed by atoms with Crippen LogP contribution >= 0.6 is 11.6 Å². The summed E-state index contributed by atoms with van der Waals surface area (Å²) in [7, 11) is 2.11. The maximum atomic E-state index is 14.1. The first-order valence-corrected chi connectivity index (χ1v) is 16.5. The summed E-state index contributed by atoms with van der Waals surface area (Å²) >= 11 is 6.72. The third-order valence-electron chi connectivity index (χ3n) is 9.77. The first-order valence-electron chi connectivity index (χ1n) is 16.1. The van der Waals surface area contributed by atoms with Crippen LogP contribution in [0.25, 0.3) is 10.8 Å². The number of likely N-dealkylation sites (tertiary alicyclic amines) is 1. The van der Waals surface area contributed by atoms with Crippen molar-refractivity contribution < 1.29 is 13.9 Å². The Morgan fingerprint density at radius 1 is 1.17 bits per heavy atom. The van der Waals surface area contributed by atoms with Crippen molar-refractivity contribution in [3.8, 4) is 12.1 Å². The lowest BCUT2D eigenvalue weighted by Gasteiger charge is -2.48. The first kappa shape index (κ1) is 32.0. The van der Waals surface area contributed by atoms with E-state index in [9.17, 15) is 14.4 Å². The fraction of sp³-hybridized carbons (Fsp3) is 0.486. The molecule has 1 unspecified atom stereocenters. The van der Waals surface area contributed by atoms with Crippen LogP contribution in [0, 0.1) is 17.2 Å². The van der Waals surface area contributed by atoms with Crippen LogP contribution in [0.2, 0.25) is 5.02 Å². The van der Waals surface area contributed by atoms with Crippen LogP contribution in [0.4, 0.5) is 15.9 Å². The number of hydrogen-bond donors (Lipinski definition) is 0. The molecule has 0 saturated carbocycles. The highest BCUT2D eigenvalue weighted by atomic mass is 35.5. The van der Waals surface area contributed by atoms with Gasteiger partial charge >= 0.3 is 6.01 Å². The van der Waals surface area contributed by atoms with Crippen molar-refractivity contribution in [1.82, 2.24) is 19.8 Å². The lowest BCUT2D eigenvalue weighted by molar-refractivity contribution is -0.132. The van der Waals surface area contributed by atoms with E-state index in [-0.39, 0.29) is 24.9 Å². The fourth-order valence-electron chi connectivity index (χ4n) is 7.21. The van der Waals surface area contributed by atoms with E-state index in [2.05, 4.69) is 72.5 Å². The molecule has 0 spiro atoms. The number of carbonyl (C=O) groups excluding carboxylic acids is 1. The number of amides is 1. The van der Waals surface area contributed by atoms with Gasteiger partial charge in [-0.3, -0.25) is 4.79 Å². The summed E-state index contributed by atoms with van der Waals surface area (Å²) in [6.45, 7) is 10.8. The van der Waals surface area contributed by atoms with Gasteiger partial charge in [-0.1, -0.05) is 56.3 Å². The number of nitriles is 1. The number of rotatable bonds is 8. The summed E-state index contributed by atoms with van der Waals surface area (Å²) in [5.74, 6) is -0.904. The molecular weight excluding hydrogens is 605 g/mol. The van der Waals surface area contributed by atoms with Crippen molar-refractivity contribution in [2.45, 2.75) is 64.2 Å². The molecule has 1 amide bonds. The van der Waals surface area contributed by atoms with Gasteiger partial charge in [0, 0.05) is 42.3 Å². The molecule has 9 nitrogen and oxygen atoms in total. The molecule has 0 aliphatic carbocycles. The van der Waals surface area contributed by atoms with E-state index in [1.165, 1.54) is 4.90 Å². The van der Waals surface area contributed by atoms with Crippen LogP contribution in [0.3, 0.4) is 0 Å². The minimum absolute atomic E-state index is 0.0700. The van der Waals surface area contributed by atoms with Gasteiger partial charge in [-0.25, -0.2) is 4.39 Å². The van der Waals surface area contributed by atoms with E-state index in [0.29, 0.717) is 43.2 Å². The van der Waals surface area contributed by atoms with Crippen molar-refractivity contribution in [3.63, 3.8) is 0 Å². The van der Waals surface area contributed by atoms with Crippen LogP contribution in [-0.4, -0.2) is 83.6 Å². The van der Waals surface area contributed by atoms with Crippen LogP contribution in [0.5, 0.6) is 6.01 Å². The molecule has 2 fully saturated rings. The van der Waals surface area contributed by atoms with Crippen LogP contribution in [0.15, 0.2) is 48.8 Å². The number of carbonyl (C=O) groups is 1. The molecule has 3 aliphatic heterocycles. The Kier molecular flexibility index (Phi) is 9.34. The summed E-state index contributed by atoms with van der Waals surface area (Å²) in [6.07, 6.45) is 2.95. The number of piperazine rings is 1. The molecule has 4 heterocycles. The summed E-state index contributed by atoms with van der Waals surface area (Å²) < 4.78 is 20.5. The predicted molar refractivity (Wildman–Crippen MR) is 179 cm³/mol. The maximum absolute atomic E-state index is 14.1. The highest BCUT2D eigenvalue weighted by molar-refractivity contribution is 6.36. The van der Waals surface area contributed by atoms with Gasteiger partial charge in [0.25, 0.3) is 5.91 Å². The van der Waals surface area contributed by atoms with Crippen LogP contribution in [0.1, 0.15) is 44.4 Å². The molecule has 242 valence electrons. The van der Waals surface area contributed by atoms with Gasteiger partial charge in [-0.2, -0.15) is 15.2 Å². The fourth-order valence-corrected chi connectivity index (χ4v) is 7.48. The van der Waals surface area contributed by atoms with Gasteiger partial charge in [0.05, 0.1) is 41.8 Å². The molecule has 3 atom stereocenters. The Bertz CT molecular complexity index is 1670.